The fourth-order valence-corrected chi connectivity index (χ4v) is 12.2. The first-order chi connectivity index (χ1) is 24.9. The van der Waals surface area contributed by atoms with Crippen molar-refractivity contribution in [2.24, 2.45) is 0 Å². The Morgan fingerprint density at radius 1 is 0.827 bits per heavy atom. The summed E-state index contributed by atoms with van der Waals surface area (Å²) >= 11 is 1.38. The first-order valence-electron chi connectivity index (χ1n) is 17.7. The Hall–Kier alpha value is -3.77. The van der Waals surface area contributed by atoms with E-state index >= 15 is 0 Å². The minimum Gasteiger partial charge on any atom is -0.497 e. The molecule has 1 saturated heterocycles. The molecule has 0 saturated carbocycles. The minimum atomic E-state index is -3.04. The van der Waals surface area contributed by atoms with Crippen LogP contribution in [0, 0.1) is 6.92 Å². The Bertz CT molecular complexity index is 1690. The topological polar surface area (TPSA) is 101 Å². The second-order valence-electron chi connectivity index (χ2n) is 14.2. The van der Waals surface area contributed by atoms with Gasteiger partial charge in [0.25, 0.3) is 8.32 Å². The van der Waals surface area contributed by atoms with Crippen LogP contribution in [-0.2, 0) is 34.8 Å². The van der Waals surface area contributed by atoms with E-state index < -0.39 is 44.1 Å². The molecule has 4 aromatic rings. The molecule has 5 atom stereocenters. The van der Waals surface area contributed by atoms with Crippen LogP contribution in [0.1, 0.15) is 51.7 Å². The van der Waals surface area contributed by atoms with Crippen molar-refractivity contribution in [3.05, 3.63) is 120 Å². The summed E-state index contributed by atoms with van der Waals surface area (Å²) in [5.41, 5.74) is 1.19. The van der Waals surface area contributed by atoms with Gasteiger partial charge in [-0.05, 0) is 59.1 Å². The second-order valence-corrected chi connectivity index (χ2v) is 19.7. The summed E-state index contributed by atoms with van der Waals surface area (Å²) in [5, 5.41) is 13.8. The molecule has 0 spiro atoms. The summed E-state index contributed by atoms with van der Waals surface area (Å²) < 4.78 is 32.0. The molecule has 8 nitrogen and oxygen atoms in total. The average molecular weight is 743 g/mol. The maximum Gasteiger partial charge on any atom is 0.306 e. The van der Waals surface area contributed by atoms with Crippen LogP contribution < -0.4 is 15.1 Å². The van der Waals surface area contributed by atoms with Crippen LogP contribution in [0.5, 0.6) is 5.75 Å². The van der Waals surface area contributed by atoms with Crippen molar-refractivity contribution in [2.45, 2.75) is 93.9 Å². The number of aryl methyl sites for hydroxylation is 1. The lowest BCUT2D eigenvalue weighted by atomic mass is 9.99. The Morgan fingerprint density at radius 2 is 1.42 bits per heavy atom. The molecule has 1 aliphatic rings. The van der Waals surface area contributed by atoms with Crippen molar-refractivity contribution in [3.63, 3.8) is 0 Å². The van der Waals surface area contributed by atoms with Crippen LogP contribution in [0.15, 0.2) is 114 Å². The van der Waals surface area contributed by atoms with Gasteiger partial charge in [0.05, 0.1) is 26.7 Å². The van der Waals surface area contributed by atoms with E-state index in [1.165, 1.54) is 18.7 Å². The Morgan fingerprint density at radius 3 is 1.96 bits per heavy atom. The number of Topliss-reactive ketones (excluding diaryl/α,β-unsaturated/α-hetero) is 1. The fraction of sp³-hybridized carbons (Fsp3) is 0.381. The third kappa shape index (κ3) is 9.60. The lowest BCUT2D eigenvalue weighted by Crippen LogP contribution is -2.68. The Balaban J connectivity index is 1.55. The number of benzene rings is 4. The largest absolute Gasteiger partial charge is 0.497 e. The molecule has 0 radical (unpaired) electrons. The number of carbonyl (C=O) groups is 2. The van der Waals surface area contributed by atoms with Gasteiger partial charge in [-0.2, -0.15) is 0 Å². The molecule has 0 bridgehead atoms. The SMILES string of the molecule is COc1ccc(CO[C@@H]2[C@@H](O)[C@H](Sc3ccc(C)cc3)O[C@H](CO[Si](c3ccccc3)(c3ccccc3)C(C)(C)C)[C@@H]2OC(=O)CCC(C)=O)cc1. The fourth-order valence-electron chi connectivity index (χ4n) is 6.58. The second kappa shape index (κ2) is 17.8. The highest BCUT2D eigenvalue weighted by Gasteiger charge is 2.53. The molecule has 1 N–H and O–H groups in total. The zero-order valence-corrected chi connectivity index (χ0v) is 32.6. The summed E-state index contributed by atoms with van der Waals surface area (Å²) in [5.74, 6) is 0.0154. The van der Waals surface area contributed by atoms with Gasteiger partial charge in [0, 0.05) is 11.3 Å². The van der Waals surface area contributed by atoms with Crippen molar-refractivity contribution in [3.8, 4) is 5.75 Å². The number of hydrogen-bond donors (Lipinski definition) is 1. The molecule has 0 aromatic heterocycles. The zero-order valence-electron chi connectivity index (χ0n) is 30.8. The molecule has 0 unspecified atom stereocenters. The van der Waals surface area contributed by atoms with E-state index in [2.05, 4.69) is 45.0 Å². The molecule has 52 heavy (non-hydrogen) atoms. The molecule has 276 valence electrons. The monoisotopic (exact) mass is 742 g/mol. The lowest BCUT2D eigenvalue weighted by Gasteiger charge is -2.47. The summed E-state index contributed by atoms with van der Waals surface area (Å²) in [6.07, 6.45) is -4.08. The van der Waals surface area contributed by atoms with E-state index in [0.717, 1.165) is 26.4 Å². The first kappa shape index (κ1) is 39.4. The molecule has 10 heteroatoms. The number of ether oxygens (including phenoxy) is 4. The van der Waals surface area contributed by atoms with Crippen LogP contribution in [0.3, 0.4) is 0 Å². The van der Waals surface area contributed by atoms with E-state index in [-0.39, 0.29) is 36.9 Å². The van der Waals surface area contributed by atoms with Gasteiger partial charge < -0.3 is 33.3 Å². The van der Waals surface area contributed by atoms with E-state index in [1.807, 2.05) is 91.9 Å². The quantitative estimate of drug-likeness (QED) is 0.106. The normalized spacial score (nSPS) is 20.6. The third-order valence-corrected chi connectivity index (χ3v) is 15.5. The number of methoxy groups -OCH3 is 1. The lowest BCUT2D eigenvalue weighted by molar-refractivity contribution is -0.233. The first-order valence-corrected chi connectivity index (χ1v) is 20.5. The van der Waals surface area contributed by atoms with Crippen LogP contribution in [0.2, 0.25) is 5.04 Å². The number of ketones is 1. The Labute approximate surface area is 312 Å². The number of carbonyl (C=O) groups excluding carboxylic acids is 2. The van der Waals surface area contributed by atoms with Crippen molar-refractivity contribution in [1.29, 1.82) is 0 Å². The third-order valence-electron chi connectivity index (χ3n) is 9.32. The van der Waals surface area contributed by atoms with E-state index in [0.29, 0.717) is 5.75 Å². The molecule has 1 heterocycles. The number of rotatable bonds is 15. The van der Waals surface area contributed by atoms with Crippen molar-refractivity contribution in [2.75, 3.05) is 13.7 Å². The highest BCUT2D eigenvalue weighted by molar-refractivity contribution is 7.99. The highest BCUT2D eigenvalue weighted by Crippen LogP contribution is 2.40. The number of esters is 1. The van der Waals surface area contributed by atoms with Crippen molar-refractivity contribution in [1.82, 2.24) is 0 Å². The van der Waals surface area contributed by atoms with Gasteiger partial charge in [0.1, 0.15) is 35.3 Å². The predicted octanol–water partition coefficient (Wildman–Crippen LogP) is 6.62. The molecule has 0 amide bonds. The summed E-state index contributed by atoms with van der Waals surface area (Å²) in [6, 6.07) is 36.0. The van der Waals surface area contributed by atoms with Gasteiger partial charge in [0.15, 0.2) is 6.10 Å². The summed E-state index contributed by atoms with van der Waals surface area (Å²) in [4.78, 5) is 26.1. The predicted molar refractivity (Wildman–Crippen MR) is 207 cm³/mol. The van der Waals surface area contributed by atoms with Crippen molar-refractivity contribution >= 4 is 42.2 Å². The number of aliphatic hydroxyl groups is 1. The molecule has 4 aromatic carbocycles. The van der Waals surface area contributed by atoms with Gasteiger partial charge in [-0.25, -0.2) is 0 Å². The summed E-state index contributed by atoms with van der Waals surface area (Å²) in [7, 11) is -1.43. The van der Waals surface area contributed by atoms with Gasteiger partial charge in [-0.3, -0.25) is 4.79 Å². The highest BCUT2D eigenvalue weighted by atomic mass is 32.2. The Kier molecular flexibility index (Phi) is 13.5. The number of thioether (sulfide) groups is 1. The van der Waals surface area contributed by atoms with E-state index in [1.54, 1.807) is 7.11 Å². The van der Waals surface area contributed by atoms with Crippen LogP contribution in [-0.4, -0.2) is 68.7 Å². The van der Waals surface area contributed by atoms with Crippen LogP contribution >= 0.6 is 11.8 Å². The van der Waals surface area contributed by atoms with Gasteiger partial charge >= 0.3 is 5.97 Å². The maximum absolute atomic E-state index is 13.3. The zero-order chi connectivity index (χ0) is 37.3. The molecule has 5 rings (SSSR count). The van der Waals surface area contributed by atoms with Gasteiger partial charge in [-0.1, -0.05) is 123 Å². The van der Waals surface area contributed by atoms with Crippen LogP contribution in [0.4, 0.5) is 0 Å². The molecule has 1 aliphatic heterocycles. The van der Waals surface area contributed by atoms with Gasteiger partial charge in [0.2, 0.25) is 0 Å². The standard InChI is InChI=1S/C42H50O8SSi/c1-29-17-24-33(25-18-29)51-41-38(45)40(47-27-31-20-22-32(46-6)23-21-31)39(50-37(44)26-19-30(2)43)36(49-41)28-48-52(42(3,4)5,34-13-9-7-10-14-34)35-15-11-8-12-16-35/h7-18,20-25,36,38-41,45H,19,26-28H2,1-6H3/t36-,38-,39+,40-,41+/m1/s1. The maximum atomic E-state index is 13.3. The van der Waals surface area contributed by atoms with Crippen molar-refractivity contribution < 1.29 is 38.1 Å². The minimum absolute atomic E-state index is 0.0431. The van der Waals surface area contributed by atoms with E-state index in [9.17, 15) is 14.7 Å². The van der Waals surface area contributed by atoms with Crippen LogP contribution in [0.25, 0.3) is 0 Å². The summed E-state index contributed by atoms with van der Waals surface area (Å²) in [6.45, 7) is 10.2. The molecule has 0 aliphatic carbocycles. The molecular formula is C42H50O8SSi. The van der Waals surface area contributed by atoms with E-state index in [4.69, 9.17) is 23.4 Å². The molecule has 1 fully saturated rings. The average Bonchev–Trinajstić information content (AvgIpc) is 3.14. The van der Waals surface area contributed by atoms with Gasteiger partial charge in [-0.15, -0.1) is 0 Å². The number of aliphatic hydroxyl groups excluding tert-OH is 1. The molecular weight excluding hydrogens is 693 g/mol. The smallest absolute Gasteiger partial charge is 0.306 e. The number of hydrogen-bond acceptors (Lipinski definition) is 9.